The van der Waals surface area contributed by atoms with Crippen LogP contribution in [0, 0.1) is 0 Å². The molecule has 0 radical (unpaired) electrons. The van der Waals surface area contributed by atoms with Crippen molar-refractivity contribution in [3.63, 3.8) is 0 Å². The smallest absolute Gasteiger partial charge is 0.306 e. The van der Waals surface area contributed by atoms with Gasteiger partial charge in [0.05, 0.1) is 0 Å². The molecule has 0 spiro atoms. The highest BCUT2D eigenvalue weighted by Crippen LogP contribution is 2.17. The van der Waals surface area contributed by atoms with E-state index in [4.69, 9.17) is 14.2 Å². The minimum Gasteiger partial charge on any atom is -0.462 e. The highest BCUT2D eigenvalue weighted by Gasteiger charge is 2.19. The van der Waals surface area contributed by atoms with E-state index in [0.29, 0.717) is 19.3 Å². The lowest BCUT2D eigenvalue weighted by molar-refractivity contribution is -0.167. The van der Waals surface area contributed by atoms with Crippen molar-refractivity contribution in [2.45, 2.75) is 322 Å². The van der Waals surface area contributed by atoms with Gasteiger partial charge >= 0.3 is 17.9 Å². The van der Waals surface area contributed by atoms with Gasteiger partial charge in [0, 0.05) is 19.3 Å². The summed E-state index contributed by atoms with van der Waals surface area (Å²) in [4.78, 5) is 37.9. The molecule has 75 heavy (non-hydrogen) atoms. The zero-order chi connectivity index (χ0) is 54.3. The summed E-state index contributed by atoms with van der Waals surface area (Å²) < 4.78 is 16.8. The molecule has 0 aromatic rings. The molecule has 0 aliphatic heterocycles. The lowest BCUT2D eigenvalue weighted by Gasteiger charge is -2.18. The fourth-order valence-electron chi connectivity index (χ4n) is 9.09. The third kappa shape index (κ3) is 61.3. The molecule has 0 fully saturated rings. The maximum atomic E-state index is 12.8. The number of hydrogen-bond donors (Lipinski definition) is 0. The predicted molar refractivity (Wildman–Crippen MR) is 325 cm³/mol. The van der Waals surface area contributed by atoms with E-state index in [2.05, 4.69) is 106 Å². The van der Waals surface area contributed by atoms with E-state index in [1.54, 1.807) is 0 Å². The predicted octanol–water partition coefficient (Wildman–Crippen LogP) is 21.9. The molecule has 0 heterocycles. The fourth-order valence-corrected chi connectivity index (χ4v) is 9.09. The molecule has 6 heteroatoms. The topological polar surface area (TPSA) is 78.9 Å². The van der Waals surface area contributed by atoms with Crippen LogP contribution in [0.2, 0.25) is 0 Å². The normalized spacial score (nSPS) is 12.6. The summed E-state index contributed by atoms with van der Waals surface area (Å²) in [5, 5.41) is 0. The first-order valence-corrected chi connectivity index (χ1v) is 32.1. The number of esters is 3. The van der Waals surface area contributed by atoms with Crippen LogP contribution in [0.25, 0.3) is 0 Å². The molecule has 0 rings (SSSR count). The Bertz CT molecular complexity index is 1430. The molecule has 0 aliphatic carbocycles. The summed E-state index contributed by atoms with van der Waals surface area (Å²) in [6, 6.07) is 0. The molecule has 0 N–H and O–H groups in total. The van der Waals surface area contributed by atoms with Crippen LogP contribution in [0.15, 0.2) is 85.1 Å². The minimum absolute atomic E-state index is 0.0824. The lowest BCUT2D eigenvalue weighted by Crippen LogP contribution is -2.30. The van der Waals surface area contributed by atoms with Crippen molar-refractivity contribution < 1.29 is 28.6 Å². The van der Waals surface area contributed by atoms with Crippen molar-refractivity contribution in [1.29, 1.82) is 0 Å². The van der Waals surface area contributed by atoms with Gasteiger partial charge in [0.1, 0.15) is 13.2 Å². The van der Waals surface area contributed by atoms with E-state index >= 15 is 0 Å². The number of hydrogen-bond acceptors (Lipinski definition) is 6. The van der Waals surface area contributed by atoms with Crippen LogP contribution in [0.4, 0.5) is 0 Å². The average molecular weight is 1050 g/mol. The van der Waals surface area contributed by atoms with Gasteiger partial charge in [-0.1, -0.05) is 286 Å². The van der Waals surface area contributed by atoms with E-state index in [1.807, 2.05) is 0 Å². The molecule has 1 atom stereocenters. The molecular weight excluding hydrogens is 925 g/mol. The third-order valence-corrected chi connectivity index (χ3v) is 13.9. The summed E-state index contributed by atoms with van der Waals surface area (Å²) in [5.41, 5.74) is 0. The first-order valence-electron chi connectivity index (χ1n) is 32.1. The molecular formula is C69H120O6. The molecule has 6 nitrogen and oxygen atoms in total. The van der Waals surface area contributed by atoms with Crippen molar-refractivity contribution in [3.05, 3.63) is 85.1 Å². The SMILES string of the molecule is CC/C=C\C/C=C\C/C=C\C/C=C\C/C=C\CCCCCCCC(=O)OC(COC(=O)CCCCCCC)COC(=O)CCCCCCCCCCCCCCCCCCCCC/C=C\C/C=C\CCCCCCC. The standard InChI is InChI=1S/C69H120O6/c1-4-7-10-13-15-17-19-21-23-25-27-29-30-31-32-33-34-35-36-37-38-40-41-43-45-47-49-51-53-56-59-62-68(71)74-65-66(64-73-67(70)61-58-55-12-9-6-3)75-69(72)63-60-57-54-52-50-48-46-44-42-39-28-26-24-22-20-18-16-14-11-8-5-2/h8,11,16,18-19,21-22,24-25,27-28,39,44,46,66H,4-7,9-10,12-15,17,20,23,26,29-38,40-43,45,47-65H2,1-3H3/b11-8-,18-16-,21-19-,24-22-,27-25-,39-28-,46-44-. The van der Waals surface area contributed by atoms with Crippen molar-refractivity contribution in [2.75, 3.05) is 13.2 Å². The Morgan fingerprint density at radius 1 is 0.280 bits per heavy atom. The van der Waals surface area contributed by atoms with Crippen LogP contribution in [0.5, 0.6) is 0 Å². The summed E-state index contributed by atoms with van der Waals surface area (Å²) in [7, 11) is 0. The van der Waals surface area contributed by atoms with Crippen molar-refractivity contribution >= 4 is 17.9 Å². The number of ether oxygens (including phenoxy) is 3. The highest BCUT2D eigenvalue weighted by atomic mass is 16.6. The third-order valence-electron chi connectivity index (χ3n) is 13.9. The number of allylic oxidation sites excluding steroid dienone is 14. The second-order valence-electron chi connectivity index (χ2n) is 21.3. The second-order valence-corrected chi connectivity index (χ2v) is 21.3. The maximum absolute atomic E-state index is 12.8. The molecule has 0 aromatic carbocycles. The van der Waals surface area contributed by atoms with Gasteiger partial charge in [0.2, 0.25) is 0 Å². The highest BCUT2D eigenvalue weighted by molar-refractivity contribution is 5.71. The van der Waals surface area contributed by atoms with Crippen LogP contribution in [-0.4, -0.2) is 37.2 Å². The summed E-state index contributed by atoms with van der Waals surface area (Å²) in [6.45, 7) is 6.44. The van der Waals surface area contributed by atoms with Crippen molar-refractivity contribution in [1.82, 2.24) is 0 Å². The van der Waals surface area contributed by atoms with Gasteiger partial charge in [-0.3, -0.25) is 14.4 Å². The van der Waals surface area contributed by atoms with E-state index in [-0.39, 0.29) is 31.1 Å². The van der Waals surface area contributed by atoms with Crippen LogP contribution >= 0.6 is 0 Å². The van der Waals surface area contributed by atoms with E-state index in [0.717, 1.165) is 122 Å². The number of carbonyl (C=O) groups is 3. The van der Waals surface area contributed by atoms with Crippen LogP contribution in [0.3, 0.4) is 0 Å². The van der Waals surface area contributed by atoms with Crippen LogP contribution < -0.4 is 0 Å². The van der Waals surface area contributed by atoms with E-state index < -0.39 is 6.10 Å². The number of unbranched alkanes of at least 4 members (excludes halogenated alkanes) is 33. The Morgan fingerprint density at radius 2 is 0.520 bits per heavy atom. The summed E-state index contributed by atoms with van der Waals surface area (Å²) in [5.74, 6) is -0.906. The first kappa shape index (κ1) is 71.6. The zero-order valence-electron chi connectivity index (χ0n) is 49.6. The monoisotopic (exact) mass is 1040 g/mol. The first-order chi connectivity index (χ1) is 37.0. The van der Waals surface area contributed by atoms with Gasteiger partial charge < -0.3 is 14.2 Å². The minimum atomic E-state index is -0.783. The summed E-state index contributed by atoms with van der Waals surface area (Å²) in [6.07, 6.45) is 83.6. The molecule has 432 valence electrons. The van der Waals surface area contributed by atoms with E-state index in [9.17, 15) is 14.4 Å². The molecule has 1 unspecified atom stereocenters. The molecule has 0 saturated heterocycles. The largest absolute Gasteiger partial charge is 0.462 e. The van der Waals surface area contributed by atoms with Crippen LogP contribution in [0.1, 0.15) is 316 Å². The summed E-state index contributed by atoms with van der Waals surface area (Å²) >= 11 is 0. The molecule has 0 saturated carbocycles. The molecule has 0 amide bonds. The van der Waals surface area contributed by atoms with Gasteiger partial charge in [-0.05, 0) is 96.3 Å². The number of carbonyl (C=O) groups excluding carboxylic acids is 3. The molecule has 0 bridgehead atoms. The van der Waals surface area contributed by atoms with Gasteiger partial charge in [0.25, 0.3) is 0 Å². The Hall–Kier alpha value is -3.41. The lowest BCUT2D eigenvalue weighted by atomic mass is 10.0. The van der Waals surface area contributed by atoms with Gasteiger partial charge in [0.15, 0.2) is 6.10 Å². The molecule has 0 aliphatic rings. The van der Waals surface area contributed by atoms with Crippen molar-refractivity contribution in [3.8, 4) is 0 Å². The Balaban J connectivity index is 4.00. The van der Waals surface area contributed by atoms with Gasteiger partial charge in [-0.15, -0.1) is 0 Å². The van der Waals surface area contributed by atoms with Crippen LogP contribution in [-0.2, 0) is 28.6 Å². The van der Waals surface area contributed by atoms with Gasteiger partial charge in [-0.25, -0.2) is 0 Å². The Morgan fingerprint density at radius 3 is 0.813 bits per heavy atom. The average Bonchev–Trinajstić information content (AvgIpc) is 3.41. The molecule has 0 aromatic heterocycles. The zero-order valence-corrected chi connectivity index (χ0v) is 49.6. The number of rotatable bonds is 58. The maximum Gasteiger partial charge on any atom is 0.306 e. The Kier molecular flexibility index (Phi) is 60.3. The quantitative estimate of drug-likeness (QED) is 0.0261. The fraction of sp³-hybridized carbons (Fsp3) is 0.754. The van der Waals surface area contributed by atoms with E-state index in [1.165, 1.54) is 154 Å². The Labute approximate surface area is 465 Å². The second kappa shape index (κ2) is 63.1. The van der Waals surface area contributed by atoms with Gasteiger partial charge in [-0.2, -0.15) is 0 Å². The van der Waals surface area contributed by atoms with Crippen molar-refractivity contribution in [2.24, 2.45) is 0 Å².